The Bertz CT molecular complexity index is 1080. The Hall–Kier alpha value is -2.01. The number of nitrogens with two attached hydrogens (primary N) is 1. The molecule has 9 nitrogen and oxygen atoms in total. The fourth-order valence-corrected chi connectivity index (χ4v) is 4.65. The van der Waals surface area contributed by atoms with E-state index in [0.29, 0.717) is 0 Å². The Labute approximate surface area is 158 Å². The van der Waals surface area contributed by atoms with E-state index in [1.165, 1.54) is 28.9 Å². The fraction of sp³-hybridized carbons (Fsp3) is 0.286. The van der Waals surface area contributed by atoms with Gasteiger partial charge < -0.3 is 9.30 Å². The van der Waals surface area contributed by atoms with Crippen LogP contribution in [0.25, 0.3) is 11.2 Å². The quantitative estimate of drug-likeness (QED) is 0.445. The van der Waals surface area contributed by atoms with Crippen molar-refractivity contribution in [3.8, 4) is 0 Å². The number of esters is 1. The number of carbonyl (C=O) groups is 1. The average molecular weight is 418 g/mol. The van der Waals surface area contributed by atoms with Crippen LogP contribution in [0.4, 0.5) is 0 Å². The zero-order valence-corrected chi connectivity index (χ0v) is 15.9. The van der Waals surface area contributed by atoms with Crippen molar-refractivity contribution < 1.29 is 17.9 Å². The number of aromatic nitrogens is 4. The van der Waals surface area contributed by atoms with E-state index in [0.717, 1.165) is 7.11 Å². The lowest BCUT2D eigenvalue weighted by Gasteiger charge is -2.33. The Morgan fingerprint density at radius 1 is 1.31 bits per heavy atom. The van der Waals surface area contributed by atoms with E-state index in [-0.39, 0.29) is 27.4 Å². The molecule has 0 fully saturated rings. The molecule has 1 aliphatic carbocycles. The first-order chi connectivity index (χ1) is 12.1. The van der Waals surface area contributed by atoms with E-state index in [1.54, 1.807) is 7.05 Å². The molecular formula is C14H13Cl2N5O4S. The van der Waals surface area contributed by atoms with E-state index >= 15 is 0 Å². The molecule has 0 saturated carbocycles. The standard InChI is InChI=1S/C14H13Cl2N5O4S/c1-21-8-9(15)18-13(16)20-10(8)19-11(21)14(12(22)25-2)6-4-3-5-7(14)26(17,23)24/h3-7H,1-2H3,(H2,17,23,24). The number of halogens is 2. The summed E-state index contributed by atoms with van der Waals surface area (Å²) < 4.78 is 30.7. The number of nitrogens with zero attached hydrogens (tertiary/aromatic N) is 4. The van der Waals surface area contributed by atoms with Crippen LogP contribution >= 0.6 is 23.2 Å². The van der Waals surface area contributed by atoms with Gasteiger partial charge in [-0.2, -0.15) is 4.98 Å². The SMILES string of the molecule is COC(=O)C1(c2nc3nc(Cl)nc(Cl)c3n2C)C=CC=CC1S(N)(=O)=O. The number of methoxy groups -OCH3 is 1. The van der Waals surface area contributed by atoms with Gasteiger partial charge in [-0.25, -0.2) is 23.5 Å². The van der Waals surface area contributed by atoms with Crippen LogP contribution < -0.4 is 5.14 Å². The van der Waals surface area contributed by atoms with Crippen LogP contribution in [0.5, 0.6) is 0 Å². The largest absolute Gasteiger partial charge is 0.468 e. The van der Waals surface area contributed by atoms with E-state index in [2.05, 4.69) is 15.0 Å². The third-order valence-electron chi connectivity index (χ3n) is 4.11. The molecule has 2 aromatic rings. The van der Waals surface area contributed by atoms with Gasteiger partial charge in [0, 0.05) is 7.05 Å². The highest BCUT2D eigenvalue weighted by atomic mass is 35.5. The highest BCUT2D eigenvalue weighted by Gasteiger charge is 2.54. The maximum atomic E-state index is 12.8. The molecular weight excluding hydrogens is 405 g/mol. The number of rotatable bonds is 3. The molecule has 3 rings (SSSR count). The zero-order valence-electron chi connectivity index (χ0n) is 13.6. The predicted octanol–water partition coefficient (Wildman–Crippen LogP) is 0.864. The summed E-state index contributed by atoms with van der Waals surface area (Å²) in [6, 6.07) is 0. The molecule has 0 saturated heterocycles. The van der Waals surface area contributed by atoms with Crippen molar-refractivity contribution in [1.29, 1.82) is 0 Å². The Kier molecular flexibility index (Phi) is 4.55. The molecule has 1 aliphatic rings. The van der Waals surface area contributed by atoms with Crippen molar-refractivity contribution in [3.05, 3.63) is 40.6 Å². The van der Waals surface area contributed by atoms with Gasteiger partial charge in [0.2, 0.25) is 15.3 Å². The number of aryl methyl sites for hydroxylation is 1. The van der Waals surface area contributed by atoms with Gasteiger partial charge in [0.15, 0.2) is 16.2 Å². The number of hydrogen-bond acceptors (Lipinski definition) is 7. The minimum absolute atomic E-state index is 0.00347. The fourth-order valence-electron chi connectivity index (χ4n) is 3.04. The normalized spacial score (nSPS) is 22.7. The highest BCUT2D eigenvalue weighted by molar-refractivity contribution is 7.90. The van der Waals surface area contributed by atoms with Gasteiger partial charge in [-0.05, 0) is 11.6 Å². The molecule has 2 unspecified atom stereocenters. The van der Waals surface area contributed by atoms with Gasteiger partial charge in [-0.1, -0.05) is 35.9 Å². The van der Waals surface area contributed by atoms with Crippen molar-refractivity contribution in [1.82, 2.24) is 19.5 Å². The molecule has 0 radical (unpaired) electrons. The first kappa shape index (κ1) is 18.8. The Balaban J connectivity index is 2.42. The smallest absolute Gasteiger partial charge is 0.325 e. The molecule has 2 heterocycles. The Morgan fingerprint density at radius 3 is 2.62 bits per heavy atom. The molecule has 0 aromatic carbocycles. The second kappa shape index (κ2) is 6.31. The predicted molar refractivity (Wildman–Crippen MR) is 95.2 cm³/mol. The summed E-state index contributed by atoms with van der Waals surface area (Å²) in [7, 11) is -1.51. The number of allylic oxidation sites excluding steroid dienone is 2. The van der Waals surface area contributed by atoms with Crippen molar-refractivity contribution >= 4 is 50.4 Å². The number of imidazole rings is 1. The topological polar surface area (TPSA) is 130 Å². The summed E-state index contributed by atoms with van der Waals surface area (Å²) in [5, 5.41) is 3.81. The summed E-state index contributed by atoms with van der Waals surface area (Å²) in [4.78, 5) is 24.9. The first-order valence-corrected chi connectivity index (χ1v) is 9.51. The number of fused-ring (bicyclic) bond motifs is 1. The number of sulfonamides is 1. The third kappa shape index (κ3) is 2.69. The number of ether oxygens (including phenoxy) is 1. The molecule has 2 N–H and O–H groups in total. The average Bonchev–Trinajstić information content (AvgIpc) is 2.90. The molecule has 0 spiro atoms. The van der Waals surface area contributed by atoms with Crippen LogP contribution in [0, 0.1) is 0 Å². The van der Waals surface area contributed by atoms with Gasteiger partial charge in [0.25, 0.3) is 0 Å². The van der Waals surface area contributed by atoms with Gasteiger partial charge in [0.05, 0.1) is 7.11 Å². The number of carbonyl (C=O) groups excluding carboxylic acids is 1. The van der Waals surface area contributed by atoms with Gasteiger partial charge >= 0.3 is 5.97 Å². The molecule has 138 valence electrons. The third-order valence-corrected chi connectivity index (χ3v) is 5.78. The molecule has 12 heteroatoms. The monoisotopic (exact) mass is 417 g/mol. The summed E-state index contributed by atoms with van der Waals surface area (Å²) in [5.74, 6) is -0.830. The van der Waals surface area contributed by atoms with E-state index in [4.69, 9.17) is 33.1 Å². The molecule has 0 aliphatic heterocycles. The number of primary sulfonamides is 1. The van der Waals surface area contributed by atoms with Crippen molar-refractivity contribution in [2.45, 2.75) is 10.7 Å². The lowest BCUT2D eigenvalue weighted by atomic mass is 9.80. The van der Waals surface area contributed by atoms with Crippen LogP contribution in [0.2, 0.25) is 10.4 Å². The van der Waals surface area contributed by atoms with Crippen LogP contribution in [0.15, 0.2) is 24.3 Å². The van der Waals surface area contributed by atoms with Gasteiger partial charge in [-0.15, -0.1) is 0 Å². The van der Waals surface area contributed by atoms with Crippen LogP contribution in [-0.4, -0.2) is 46.3 Å². The number of hydrogen-bond donors (Lipinski definition) is 1. The van der Waals surface area contributed by atoms with Crippen LogP contribution in [0.3, 0.4) is 0 Å². The Morgan fingerprint density at radius 2 is 2.00 bits per heavy atom. The molecule has 2 atom stereocenters. The minimum atomic E-state index is -4.20. The second-order valence-corrected chi connectivity index (χ2v) is 7.95. The maximum Gasteiger partial charge on any atom is 0.325 e. The van der Waals surface area contributed by atoms with Crippen molar-refractivity contribution in [2.24, 2.45) is 12.2 Å². The summed E-state index contributed by atoms with van der Waals surface area (Å²) in [5.41, 5.74) is -1.44. The van der Waals surface area contributed by atoms with E-state index in [9.17, 15) is 13.2 Å². The van der Waals surface area contributed by atoms with Gasteiger partial charge in [-0.3, -0.25) is 4.79 Å². The van der Waals surface area contributed by atoms with Crippen molar-refractivity contribution in [2.75, 3.05) is 7.11 Å². The first-order valence-electron chi connectivity index (χ1n) is 7.15. The van der Waals surface area contributed by atoms with E-state index < -0.39 is 26.7 Å². The van der Waals surface area contributed by atoms with E-state index in [1.807, 2.05) is 0 Å². The lowest BCUT2D eigenvalue weighted by Crippen LogP contribution is -2.53. The van der Waals surface area contributed by atoms with Gasteiger partial charge in [0.1, 0.15) is 16.6 Å². The molecule has 0 amide bonds. The lowest BCUT2D eigenvalue weighted by molar-refractivity contribution is -0.145. The molecule has 26 heavy (non-hydrogen) atoms. The van der Waals surface area contributed by atoms with Crippen molar-refractivity contribution in [3.63, 3.8) is 0 Å². The highest BCUT2D eigenvalue weighted by Crippen LogP contribution is 2.38. The molecule has 0 bridgehead atoms. The van der Waals surface area contributed by atoms with Crippen LogP contribution in [-0.2, 0) is 32.0 Å². The summed E-state index contributed by atoms with van der Waals surface area (Å²) >= 11 is 11.9. The summed E-state index contributed by atoms with van der Waals surface area (Å²) in [6.07, 6.45) is 5.66. The molecule has 2 aromatic heterocycles. The maximum absolute atomic E-state index is 12.8. The zero-order chi connectivity index (χ0) is 19.3. The summed E-state index contributed by atoms with van der Waals surface area (Å²) in [6.45, 7) is 0. The van der Waals surface area contributed by atoms with Crippen LogP contribution in [0.1, 0.15) is 5.82 Å². The minimum Gasteiger partial charge on any atom is -0.468 e. The second-order valence-electron chi connectivity index (χ2n) is 5.56.